The molecule has 2 fully saturated rings. The Kier molecular flexibility index (Phi) is 3.14. The van der Waals surface area contributed by atoms with Gasteiger partial charge < -0.3 is 15.4 Å². The molecule has 1 amide bonds. The molecule has 4 rings (SSSR count). The van der Waals surface area contributed by atoms with E-state index in [0.717, 1.165) is 30.7 Å². The summed E-state index contributed by atoms with van der Waals surface area (Å²) in [6, 6.07) is 8.22. The van der Waals surface area contributed by atoms with E-state index < -0.39 is 0 Å². The molecule has 4 nitrogen and oxygen atoms in total. The van der Waals surface area contributed by atoms with Crippen molar-refractivity contribution in [3.05, 3.63) is 29.8 Å². The number of hydrogen-bond donors (Lipinski definition) is 2. The summed E-state index contributed by atoms with van der Waals surface area (Å²) in [6.45, 7) is 1.01. The summed E-state index contributed by atoms with van der Waals surface area (Å²) in [4.78, 5) is 12.4. The molecule has 21 heavy (non-hydrogen) atoms. The lowest BCUT2D eigenvalue weighted by Gasteiger charge is -2.48. The van der Waals surface area contributed by atoms with Crippen molar-refractivity contribution >= 4 is 5.91 Å². The van der Waals surface area contributed by atoms with Crippen molar-refractivity contribution in [2.45, 2.75) is 56.2 Å². The van der Waals surface area contributed by atoms with Crippen molar-refractivity contribution in [3.8, 4) is 5.75 Å². The molecule has 1 aromatic rings. The minimum absolute atomic E-state index is 0.0487. The summed E-state index contributed by atoms with van der Waals surface area (Å²) >= 11 is 0. The van der Waals surface area contributed by atoms with Crippen molar-refractivity contribution in [3.63, 3.8) is 0 Å². The van der Waals surface area contributed by atoms with Crippen LogP contribution in [0, 0.1) is 0 Å². The zero-order chi connectivity index (χ0) is 14.3. The van der Waals surface area contributed by atoms with Crippen LogP contribution in [0.4, 0.5) is 0 Å². The number of para-hydroxylation sites is 1. The number of nitrogens with one attached hydrogen (secondary N) is 2. The number of ether oxygens (including phenoxy) is 1. The largest absolute Gasteiger partial charge is 0.480 e. The Hall–Kier alpha value is -1.55. The first-order valence-corrected chi connectivity index (χ1v) is 8.04. The smallest absolute Gasteiger partial charge is 0.261 e. The molecule has 1 spiro atoms. The standard InChI is InChI=1S/C17H22N2O2/c20-16(15-10-12-4-1-2-5-14(12)21-15)19-13-6-9-18-17(11-13)7-3-8-17/h1-2,4-5,13,15,18H,3,6-11H2,(H,19,20). The number of rotatable bonds is 2. The molecule has 0 aromatic heterocycles. The van der Waals surface area contributed by atoms with Gasteiger partial charge in [0.25, 0.3) is 5.91 Å². The fourth-order valence-electron chi connectivity index (χ4n) is 3.89. The van der Waals surface area contributed by atoms with E-state index in [1.807, 2.05) is 24.3 Å². The number of carbonyl (C=O) groups is 1. The maximum atomic E-state index is 12.4. The summed E-state index contributed by atoms with van der Waals surface area (Å²) in [5.41, 5.74) is 1.45. The predicted octanol–water partition coefficient (Wildman–Crippen LogP) is 1.78. The van der Waals surface area contributed by atoms with E-state index in [2.05, 4.69) is 10.6 Å². The van der Waals surface area contributed by atoms with E-state index >= 15 is 0 Å². The van der Waals surface area contributed by atoms with Crippen LogP contribution in [-0.2, 0) is 11.2 Å². The summed E-state index contributed by atoms with van der Waals surface area (Å²) in [7, 11) is 0. The number of benzene rings is 1. The van der Waals surface area contributed by atoms with Gasteiger partial charge in [-0.3, -0.25) is 4.79 Å². The summed E-state index contributed by atoms with van der Waals surface area (Å²) in [6.07, 6.45) is 6.25. The molecule has 0 radical (unpaired) electrons. The number of piperidine rings is 1. The maximum Gasteiger partial charge on any atom is 0.261 e. The van der Waals surface area contributed by atoms with Gasteiger partial charge in [-0.05, 0) is 50.3 Å². The van der Waals surface area contributed by atoms with Gasteiger partial charge in [-0.15, -0.1) is 0 Å². The third-order valence-corrected chi connectivity index (χ3v) is 5.23. The molecule has 4 heteroatoms. The highest BCUT2D eigenvalue weighted by Crippen LogP contribution is 2.38. The van der Waals surface area contributed by atoms with Gasteiger partial charge in [0.15, 0.2) is 6.10 Å². The minimum atomic E-state index is -0.352. The maximum absolute atomic E-state index is 12.4. The van der Waals surface area contributed by atoms with Gasteiger partial charge in [0.2, 0.25) is 0 Å². The Morgan fingerprint density at radius 2 is 2.19 bits per heavy atom. The molecule has 112 valence electrons. The van der Waals surface area contributed by atoms with E-state index in [-0.39, 0.29) is 12.0 Å². The van der Waals surface area contributed by atoms with Gasteiger partial charge in [-0.1, -0.05) is 18.2 Å². The highest BCUT2D eigenvalue weighted by molar-refractivity contribution is 5.82. The Balaban J connectivity index is 1.36. The monoisotopic (exact) mass is 286 g/mol. The molecule has 1 aromatic carbocycles. The van der Waals surface area contributed by atoms with Crippen LogP contribution in [0.1, 0.15) is 37.7 Å². The van der Waals surface area contributed by atoms with Gasteiger partial charge in [-0.25, -0.2) is 0 Å². The zero-order valence-corrected chi connectivity index (χ0v) is 12.2. The molecule has 2 N–H and O–H groups in total. The Morgan fingerprint density at radius 3 is 2.95 bits per heavy atom. The van der Waals surface area contributed by atoms with Crippen molar-refractivity contribution in [1.82, 2.24) is 10.6 Å². The number of amides is 1. The molecule has 0 bridgehead atoms. The Labute approximate surface area is 125 Å². The third kappa shape index (κ3) is 2.42. The van der Waals surface area contributed by atoms with Crippen LogP contribution < -0.4 is 15.4 Å². The second-order valence-corrected chi connectivity index (χ2v) is 6.68. The second kappa shape index (κ2) is 5.02. The van der Waals surface area contributed by atoms with E-state index in [9.17, 15) is 4.79 Å². The number of carbonyl (C=O) groups excluding carboxylic acids is 1. The van der Waals surface area contributed by atoms with Crippen LogP contribution in [0.3, 0.4) is 0 Å². The van der Waals surface area contributed by atoms with Gasteiger partial charge >= 0.3 is 0 Å². The van der Waals surface area contributed by atoms with E-state index in [4.69, 9.17) is 4.74 Å². The van der Waals surface area contributed by atoms with Crippen LogP contribution in [0.2, 0.25) is 0 Å². The zero-order valence-electron chi connectivity index (χ0n) is 12.2. The molecule has 1 aliphatic carbocycles. The van der Waals surface area contributed by atoms with Crippen molar-refractivity contribution < 1.29 is 9.53 Å². The molecule has 1 saturated heterocycles. The predicted molar refractivity (Wildman–Crippen MR) is 80.3 cm³/mol. The summed E-state index contributed by atoms with van der Waals surface area (Å²) in [5.74, 6) is 0.908. The third-order valence-electron chi connectivity index (χ3n) is 5.23. The first-order valence-electron chi connectivity index (χ1n) is 8.04. The minimum Gasteiger partial charge on any atom is -0.480 e. The SMILES string of the molecule is O=C(NC1CCNC2(CCC2)C1)C1Cc2ccccc2O1. The lowest BCUT2D eigenvalue weighted by Crippen LogP contribution is -2.60. The number of fused-ring (bicyclic) bond motifs is 1. The van der Waals surface area contributed by atoms with Gasteiger partial charge in [0.1, 0.15) is 5.75 Å². The fourth-order valence-corrected chi connectivity index (χ4v) is 3.89. The fraction of sp³-hybridized carbons (Fsp3) is 0.588. The van der Waals surface area contributed by atoms with Crippen LogP contribution >= 0.6 is 0 Å². The van der Waals surface area contributed by atoms with Gasteiger partial charge in [0.05, 0.1) is 0 Å². The van der Waals surface area contributed by atoms with Gasteiger partial charge in [-0.2, -0.15) is 0 Å². The molecule has 2 unspecified atom stereocenters. The van der Waals surface area contributed by atoms with Crippen molar-refractivity contribution in [2.75, 3.05) is 6.54 Å². The number of hydrogen-bond acceptors (Lipinski definition) is 3. The summed E-state index contributed by atoms with van der Waals surface area (Å²) < 4.78 is 5.77. The molecule has 2 atom stereocenters. The molecular formula is C17H22N2O2. The molecular weight excluding hydrogens is 264 g/mol. The van der Waals surface area contributed by atoms with Crippen LogP contribution in [0.15, 0.2) is 24.3 Å². The highest BCUT2D eigenvalue weighted by Gasteiger charge is 2.42. The normalized spacial score (nSPS) is 29.3. The lowest BCUT2D eigenvalue weighted by molar-refractivity contribution is -0.128. The topological polar surface area (TPSA) is 50.4 Å². The first-order chi connectivity index (χ1) is 10.2. The second-order valence-electron chi connectivity index (χ2n) is 6.68. The van der Waals surface area contributed by atoms with Crippen molar-refractivity contribution in [1.29, 1.82) is 0 Å². The van der Waals surface area contributed by atoms with Crippen molar-refractivity contribution in [2.24, 2.45) is 0 Å². The van der Waals surface area contributed by atoms with E-state index in [0.29, 0.717) is 18.0 Å². The van der Waals surface area contributed by atoms with E-state index in [1.165, 1.54) is 19.3 Å². The lowest BCUT2D eigenvalue weighted by atomic mass is 9.70. The Morgan fingerprint density at radius 1 is 1.33 bits per heavy atom. The van der Waals surface area contributed by atoms with Crippen LogP contribution in [-0.4, -0.2) is 30.1 Å². The van der Waals surface area contributed by atoms with Crippen LogP contribution in [0.25, 0.3) is 0 Å². The molecule has 2 aliphatic heterocycles. The molecule has 3 aliphatic rings. The highest BCUT2D eigenvalue weighted by atomic mass is 16.5. The molecule has 1 saturated carbocycles. The Bertz CT molecular complexity index is 528. The average Bonchev–Trinajstić information content (AvgIpc) is 2.90. The quantitative estimate of drug-likeness (QED) is 0.871. The summed E-state index contributed by atoms with van der Waals surface area (Å²) in [5, 5.41) is 6.85. The average molecular weight is 286 g/mol. The van der Waals surface area contributed by atoms with Crippen LogP contribution in [0.5, 0.6) is 5.75 Å². The van der Waals surface area contributed by atoms with E-state index in [1.54, 1.807) is 0 Å². The first kappa shape index (κ1) is 13.1. The molecule has 2 heterocycles. The van der Waals surface area contributed by atoms with Gasteiger partial charge in [0, 0.05) is 18.0 Å².